The fraction of sp³-hybridized carbons (Fsp3) is 0.455. The molecule has 15 heavy (non-hydrogen) atoms. The molecule has 0 radical (unpaired) electrons. The van der Waals surface area contributed by atoms with E-state index in [1.807, 2.05) is 19.9 Å². The van der Waals surface area contributed by atoms with Crippen molar-refractivity contribution in [3.05, 3.63) is 24.4 Å². The number of carbonyl (C=O) groups is 1. The highest BCUT2D eigenvalue weighted by Crippen LogP contribution is 2.32. The molecule has 2 heterocycles. The minimum absolute atomic E-state index is 0.265. The predicted molar refractivity (Wildman–Crippen MR) is 56.4 cm³/mol. The number of aliphatic hydroxyl groups is 1. The number of aliphatic hydroxyl groups excluding tert-OH is 1. The number of hydrogen-bond acceptors (Lipinski definition) is 3. The van der Waals surface area contributed by atoms with E-state index in [1.165, 1.54) is 4.90 Å². The van der Waals surface area contributed by atoms with Gasteiger partial charge in [0.05, 0.1) is 0 Å². The molecular formula is C11H14N2O2. The number of aromatic nitrogens is 1. The molecule has 1 aromatic heterocycles. The Balaban J connectivity index is 2.31. The summed E-state index contributed by atoms with van der Waals surface area (Å²) in [4.78, 5) is 17.4. The molecule has 0 aromatic carbocycles. The van der Waals surface area contributed by atoms with Gasteiger partial charge in [-0.25, -0.2) is 4.98 Å². The van der Waals surface area contributed by atoms with Crippen LogP contribution in [0.3, 0.4) is 0 Å². The van der Waals surface area contributed by atoms with E-state index in [2.05, 4.69) is 4.98 Å². The first-order chi connectivity index (χ1) is 7.02. The fourth-order valence-corrected chi connectivity index (χ4v) is 1.76. The standard InChI is InChI=1S/C11H14N2O2/c1-11(2)7-13(10(15)9(11)14)8-5-3-4-6-12-8/h3-6,9,14H,7H2,1-2H3. The maximum Gasteiger partial charge on any atom is 0.257 e. The molecule has 1 saturated heterocycles. The number of pyridine rings is 1. The number of anilines is 1. The SMILES string of the molecule is CC1(C)CN(c2ccccn2)C(=O)C1O. The zero-order valence-electron chi connectivity index (χ0n) is 8.84. The third kappa shape index (κ3) is 1.61. The van der Waals surface area contributed by atoms with Gasteiger partial charge in [0, 0.05) is 18.2 Å². The van der Waals surface area contributed by atoms with Gasteiger partial charge in [0.1, 0.15) is 11.9 Å². The van der Waals surface area contributed by atoms with Crippen LogP contribution < -0.4 is 4.90 Å². The topological polar surface area (TPSA) is 53.4 Å². The Morgan fingerprint density at radius 3 is 2.73 bits per heavy atom. The molecule has 1 fully saturated rings. The Bertz CT molecular complexity index is 375. The van der Waals surface area contributed by atoms with E-state index in [0.29, 0.717) is 12.4 Å². The highest BCUT2D eigenvalue weighted by Gasteiger charge is 2.45. The summed E-state index contributed by atoms with van der Waals surface area (Å²) < 4.78 is 0. The van der Waals surface area contributed by atoms with Gasteiger partial charge in [0.2, 0.25) is 0 Å². The lowest BCUT2D eigenvalue weighted by atomic mass is 9.90. The lowest BCUT2D eigenvalue weighted by Crippen LogP contribution is -2.31. The molecule has 1 aliphatic rings. The first-order valence-electron chi connectivity index (χ1n) is 4.93. The van der Waals surface area contributed by atoms with Crippen LogP contribution in [0.1, 0.15) is 13.8 Å². The van der Waals surface area contributed by atoms with Crippen LogP contribution in [-0.2, 0) is 4.79 Å². The summed E-state index contributed by atoms with van der Waals surface area (Å²) in [6, 6.07) is 5.39. The van der Waals surface area contributed by atoms with Crippen LogP contribution in [0.2, 0.25) is 0 Å². The summed E-state index contributed by atoms with van der Waals surface area (Å²) in [5.74, 6) is 0.339. The molecule has 1 unspecified atom stereocenters. The van der Waals surface area contributed by atoms with Crippen molar-refractivity contribution in [1.29, 1.82) is 0 Å². The van der Waals surface area contributed by atoms with Crippen LogP contribution in [-0.4, -0.2) is 28.6 Å². The van der Waals surface area contributed by atoms with Crippen LogP contribution in [0.25, 0.3) is 0 Å². The van der Waals surface area contributed by atoms with Crippen LogP contribution in [0.5, 0.6) is 0 Å². The van der Waals surface area contributed by atoms with Gasteiger partial charge in [-0.2, -0.15) is 0 Å². The summed E-state index contributed by atoms with van der Waals surface area (Å²) in [7, 11) is 0. The lowest BCUT2D eigenvalue weighted by molar-refractivity contribution is -0.126. The van der Waals surface area contributed by atoms with Crippen molar-refractivity contribution in [3.63, 3.8) is 0 Å². The molecule has 1 N–H and O–H groups in total. The van der Waals surface area contributed by atoms with Gasteiger partial charge >= 0.3 is 0 Å². The third-order valence-corrected chi connectivity index (χ3v) is 2.73. The maximum atomic E-state index is 11.8. The van der Waals surface area contributed by atoms with Gasteiger partial charge < -0.3 is 5.11 Å². The lowest BCUT2D eigenvalue weighted by Gasteiger charge is -2.19. The summed E-state index contributed by atoms with van der Waals surface area (Å²) >= 11 is 0. The number of hydrogen-bond donors (Lipinski definition) is 1. The van der Waals surface area contributed by atoms with Crippen LogP contribution in [0, 0.1) is 5.41 Å². The van der Waals surface area contributed by atoms with Crippen LogP contribution in [0.15, 0.2) is 24.4 Å². The zero-order valence-corrected chi connectivity index (χ0v) is 8.84. The quantitative estimate of drug-likeness (QED) is 0.740. The second kappa shape index (κ2) is 3.31. The predicted octanol–water partition coefficient (Wildman–Crippen LogP) is 0.815. The summed E-state index contributed by atoms with van der Waals surface area (Å²) in [5, 5.41) is 9.74. The van der Waals surface area contributed by atoms with Gasteiger partial charge in [0.15, 0.2) is 0 Å². The van der Waals surface area contributed by atoms with E-state index in [0.717, 1.165) is 0 Å². The molecule has 4 heteroatoms. The van der Waals surface area contributed by atoms with Crippen LogP contribution >= 0.6 is 0 Å². The Kier molecular flexibility index (Phi) is 2.23. The summed E-state index contributed by atoms with van der Waals surface area (Å²) in [6.45, 7) is 4.25. The Labute approximate surface area is 88.6 Å². The van der Waals surface area contributed by atoms with Crippen molar-refractivity contribution in [2.24, 2.45) is 5.41 Å². The Hall–Kier alpha value is -1.42. The average Bonchev–Trinajstić information content (AvgIpc) is 2.44. The summed E-state index contributed by atoms with van der Waals surface area (Å²) in [6.07, 6.45) is 0.708. The molecule has 1 aromatic rings. The molecule has 0 aliphatic carbocycles. The first-order valence-corrected chi connectivity index (χ1v) is 4.93. The molecule has 1 aliphatic heterocycles. The largest absolute Gasteiger partial charge is 0.383 e. The number of carbonyl (C=O) groups excluding carboxylic acids is 1. The van der Waals surface area contributed by atoms with E-state index in [1.54, 1.807) is 18.3 Å². The van der Waals surface area contributed by atoms with Gasteiger partial charge in [0.25, 0.3) is 5.91 Å². The van der Waals surface area contributed by atoms with Crippen LogP contribution in [0.4, 0.5) is 5.82 Å². The molecule has 0 saturated carbocycles. The molecule has 0 bridgehead atoms. The van der Waals surface area contributed by atoms with Gasteiger partial charge in [-0.15, -0.1) is 0 Å². The van der Waals surface area contributed by atoms with E-state index >= 15 is 0 Å². The number of amides is 1. The average molecular weight is 206 g/mol. The van der Waals surface area contributed by atoms with Gasteiger partial charge in [-0.3, -0.25) is 9.69 Å². The third-order valence-electron chi connectivity index (χ3n) is 2.73. The molecular weight excluding hydrogens is 192 g/mol. The van der Waals surface area contributed by atoms with Crippen molar-refractivity contribution >= 4 is 11.7 Å². The minimum atomic E-state index is -0.931. The van der Waals surface area contributed by atoms with Crippen molar-refractivity contribution in [2.75, 3.05) is 11.4 Å². The normalized spacial score (nSPS) is 24.6. The molecule has 1 amide bonds. The smallest absolute Gasteiger partial charge is 0.257 e. The second-order valence-electron chi connectivity index (χ2n) is 4.50. The second-order valence-corrected chi connectivity index (χ2v) is 4.50. The monoisotopic (exact) mass is 206 g/mol. The van der Waals surface area contributed by atoms with Gasteiger partial charge in [-0.1, -0.05) is 19.9 Å². The molecule has 0 spiro atoms. The molecule has 4 nitrogen and oxygen atoms in total. The van der Waals surface area contributed by atoms with Gasteiger partial charge in [-0.05, 0) is 12.1 Å². The van der Waals surface area contributed by atoms with E-state index in [9.17, 15) is 9.90 Å². The Morgan fingerprint density at radius 2 is 2.27 bits per heavy atom. The maximum absolute atomic E-state index is 11.8. The first kappa shape index (κ1) is 10.1. The summed E-state index contributed by atoms with van der Waals surface area (Å²) in [5.41, 5.74) is -0.408. The van der Waals surface area contributed by atoms with Crippen molar-refractivity contribution in [1.82, 2.24) is 4.98 Å². The fourth-order valence-electron chi connectivity index (χ4n) is 1.76. The molecule has 1 atom stereocenters. The van der Waals surface area contributed by atoms with Crippen molar-refractivity contribution < 1.29 is 9.90 Å². The highest BCUT2D eigenvalue weighted by atomic mass is 16.3. The number of rotatable bonds is 1. The molecule has 80 valence electrons. The highest BCUT2D eigenvalue weighted by molar-refractivity contribution is 5.98. The van der Waals surface area contributed by atoms with E-state index in [4.69, 9.17) is 0 Å². The Morgan fingerprint density at radius 1 is 1.53 bits per heavy atom. The molecule has 2 rings (SSSR count). The zero-order chi connectivity index (χ0) is 11.1. The van der Waals surface area contributed by atoms with E-state index in [-0.39, 0.29) is 5.91 Å². The number of nitrogens with zero attached hydrogens (tertiary/aromatic N) is 2. The van der Waals surface area contributed by atoms with Crippen molar-refractivity contribution in [2.45, 2.75) is 20.0 Å². The van der Waals surface area contributed by atoms with E-state index < -0.39 is 11.5 Å². The minimum Gasteiger partial charge on any atom is -0.383 e. The van der Waals surface area contributed by atoms with Crippen molar-refractivity contribution in [3.8, 4) is 0 Å².